The third-order valence-corrected chi connectivity index (χ3v) is 3.66. The molecule has 0 aliphatic carbocycles. The molecule has 5 aromatic rings. The summed E-state index contributed by atoms with van der Waals surface area (Å²) in [4.78, 5) is 0. The predicted octanol–water partition coefficient (Wildman–Crippen LogP) is 19.6. The molecule has 0 unspecified atom stereocenters. The highest BCUT2D eigenvalue weighted by Gasteiger charge is 1.85. The zero-order valence-corrected chi connectivity index (χ0v) is 38.7. The van der Waals surface area contributed by atoms with Crippen molar-refractivity contribution in [3.05, 3.63) is 158 Å². The monoisotopic (exact) mass is 707 g/mol. The highest BCUT2D eigenvalue weighted by Crippen LogP contribution is 2.11. The van der Waals surface area contributed by atoms with E-state index in [2.05, 4.69) is 62.4 Å². The Labute approximate surface area is 326 Å². The second-order valence-corrected chi connectivity index (χ2v) is 6.52. The van der Waals surface area contributed by atoms with Crippen LogP contribution in [0, 0.1) is 0 Å². The molecule has 0 amide bonds. The van der Waals surface area contributed by atoms with E-state index in [9.17, 15) is 0 Å². The summed E-state index contributed by atoms with van der Waals surface area (Å²) in [6, 6.07) is 52.7. The van der Waals surface area contributed by atoms with Gasteiger partial charge in [0.25, 0.3) is 0 Å². The standard InChI is InChI=1S/C10H8.3C6H6.C3H8.10C2H6/c1-2-6-10-8-4-3-7-9(10)5-1;3*1-2-4-6-5-3-1;1-3-2;10*1-2/h1-8H;3*1-6H;3H2,1-2H3;10*1-2H3. The highest BCUT2D eigenvalue weighted by atomic mass is 13.9. The zero-order chi connectivity index (χ0) is 42.2. The molecule has 0 aliphatic heterocycles. The van der Waals surface area contributed by atoms with Crippen molar-refractivity contribution in [3.8, 4) is 0 Å². The SMILES string of the molecule is CC.CC.CC.CC.CC.CC.CC.CC.CC.CC.CCC.c1ccc2ccccc2c1.c1ccccc1.c1ccccc1.c1ccccc1. The minimum Gasteiger partial charge on any atom is -0.0683 e. The first kappa shape index (κ1) is 72.9. The lowest BCUT2D eigenvalue weighted by atomic mass is 10.1. The van der Waals surface area contributed by atoms with Gasteiger partial charge in [-0.05, 0) is 10.8 Å². The van der Waals surface area contributed by atoms with Crippen LogP contribution in [0.5, 0.6) is 0 Å². The van der Waals surface area contributed by atoms with E-state index in [0.29, 0.717) is 0 Å². The Morgan fingerprint density at radius 3 is 0.353 bits per heavy atom. The molecule has 0 fully saturated rings. The molecule has 0 nitrogen and oxygen atoms in total. The minimum atomic E-state index is 1.25. The van der Waals surface area contributed by atoms with Crippen LogP contribution in [-0.4, -0.2) is 0 Å². The fourth-order valence-electron chi connectivity index (χ4n) is 2.29. The highest BCUT2D eigenvalue weighted by molar-refractivity contribution is 5.82. The molecule has 298 valence electrons. The number of rotatable bonds is 0. The Balaban J connectivity index is -0.0000000468. The molecule has 0 aliphatic rings. The molecule has 0 heterocycles. The normalized spacial score (nSPS) is 6.31. The van der Waals surface area contributed by atoms with E-state index in [-0.39, 0.29) is 0 Å². The van der Waals surface area contributed by atoms with Crippen molar-refractivity contribution in [3.63, 3.8) is 0 Å². The van der Waals surface area contributed by atoms with Gasteiger partial charge in [0.1, 0.15) is 0 Å². The largest absolute Gasteiger partial charge is 0.0683 e. The van der Waals surface area contributed by atoms with Crippen molar-refractivity contribution in [2.45, 2.75) is 159 Å². The van der Waals surface area contributed by atoms with E-state index in [1.165, 1.54) is 17.2 Å². The average molecular weight is 707 g/mol. The van der Waals surface area contributed by atoms with Crippen molar-refractivity contribution >= 4 is 10.8 Å². The van der Waals surface area contributed by atoms with Crippen LogP contribution in [-0.2, 0) is 0 Å². The molecule has 5 aromatic carbocycles. The molecule has 51 heavy (non-hydrogen) atoms. The Kier molecular flexibility index (Phi) is 158. The maximum atomic E-state index is 2.12. The predicted molar refractivity (Wildman–Crippen MR) is 253 cm³/mol. The van der Waals surface area contributed by atoms with Crippen LogP contribution >= 0.6 is 0 Å². The zero-order valence-electron chi connectivity index (χ0n) is 38.7. The lowest BCUT2D eigenvalue weighted by molar-refractivity contribution is 1.09. The van der Waals surface area contributed by atoms with Crippen molar-refractivity contribution in [1.82, 2.24) is 0 Å². The quantitative estimate of drug-likeness (QED) is 0.150. The summed E-state index contributed by atoms with van der Waals surface area (Å²) in [7, 11) is 0. The van der Waals surface area contributed by atoms with Gasteiger partial charge in [-0.25, -0.2) is 0 Å². The molecule has 0 bridgehead atoms. The minimum absolute atomic E-state index is 1.25. The van der Waals surface area contributed by atoms with Crippen LogP contribution in [0.3, 0.4) is 0 Å². The Hall–Kier alpha value is -3.64. The third-order valence-electron chi connectivity index (χ3n) is 3.66. The third kappa shape index (κ3) is 87.1. The van der Waals surface area contributed by atoms with Gasteiger partial charge in [0.2, 0.25) is 0 Å². The first-order chi connectivity index (χ1) is 25.4. The van der Waals surface area contributed by atoms with Gasteiger partial charge in [0.05, 0.1) is 0 Å². The van der Waals surface area contributed by atoms with Gasteiger partial charge in [-0.1, -0.05) is 316 Å². The molecule has 0 N–H and O–H groups in total. The molecule has 5 rings (SSSR count). The summed E-state index contributed by atoms with van der Waals surface area (Å²) < 4.78 is 0. The smallest absolute Gasteiger partial charge is 0.0184 e. The molecule has 0 aromatic heterocycles. The molecule has 0 spiro atoms. The van der Waals surface area contributed by atoms with Crippen LogP contribution in [0.4, 0.5) is 0 Å². The van der Waals surface area contributed by atoms with E-state index < -0.39 is 0 Å². The summed E-state index contributed by atoms with van der Waals surface area (Å²) in [5.41, 5.74) is 0. The van der Waals surface area contributed by atoms with Gasteiger partial charge >= 0.3 is 0 Å². The summed E-state index contributed by atoms with van der Waals surface area (Å²) >= 11 is 0. The number of benzene rings is 5. The van der Waals surface area contributed by atoms with Gasteiger partial charge in [-0.2, -0.15) is 0 Å². The van der Waals surface area contributed by atoms with Gasteiger partial charge in [0.15, 0.2) is 0 Å². The maximum Gasteiger partial charge on any atom is -0.0184 e. The second-order valence-electron chi connectivity index (χ2n) is 6.52. The van der Waals surface area contributed by atoms with Crippen LogP contribution in [0.15, 0.2) is 158 Å². The van der Waals surface area contributed by atoms with E-state index in [1.54, 1.807) is 0 Å². The van der Waals surface area contributed by atoms with Crippen molar-refractivity contribution in [1.29, 1.82) is 0 Å². The van der Waals surface area contributed by atoms with Crippen molar-refractivity contribution < 1.29 is 0 Å². The van der Waals surface area contributed by atoms with Gasteiger partial charge < -0.3 is 0 Å². The first-order valence-electron chi connectivity index (χ1n) is 20.8. The number of fused-ring (bicyclic) bond motifs is 1. The fourth-order valence-corrected chi connectivity index (χ4v) is 2.29. The second kappa shape index (κ2) is 111. The van der Waals surface area contributed by atoms with Crippen LogP contribution in [0.2, 0.25) is 0 Å². The van der Waals surface area contributed by atoms with Crippen LogP contribution < -0.4 is 0 Å². The molecule has 0 radical (unpaired) electrons. The first-order valence-corrected chi connectivity index (χ1v) is 20.8. The van der Waals surface area contributed by atoms with Crippen LogP contribution in [0.25, 0.3) is 10.8 Å². The van der Waals surface area contributed by atoms with Crippen LogP contribution in [0.1, 0.15) is 159 Å². The number of hydrogen-bond acceptors (Lipinski definition) is 0. The summed E-state index contributed by atoms with van der Waals surface area (Å²) in [5.74, 6) is 0. The Morgan fingerprint density at radius 2 is 0.275 bits per heavy atom. The van der Waals surface area contributed by atoms with E-state index in [4.69, 9.17) is 0 Å². The topological polar surface area (TPSA) is 0 Å². The Bertz CT molecular complexity index is 741. The van der Waals surface area contributed by atoms with Crippen molar-refractivity contribution in [2.24, 2.45) is 0 Å². The number of hydrogen-bond donors (Lipinski definition) is 0. The lowest BCUT2D eigenvalue weighted by Gasteiger charge is -1.92. The van der Waals surface area contributed by atoms with E-state index in [0.717, 1.165) is 0 Å². The van der Waals surface area contributed by atoms with Gasteiger partial charge in [-0.15, -0.1) is 0 Å². The molecule has 0 heteroatoms. The maximum absolute atomic E-state index is 2.12. The van der Waals surface area contributed by atoms with E-state index >= 15 is 0 Å². The van der Waals surface area contributed by atoms with Gasteiger partial charge in [0, 0.05) is 0 Å². The average Bonchev–Trinajstić information content (AvgIpc) is 3.30. The summed E-state index contributed by atoms with van der Waals surface area (Å²) in [6.07, 6.45) is 1.25. The van der Waals surface area contributed by atoms with E-state index in [1.807, 2.05) is 248 Å². The lowest BCUT2D eigenvalue weighted by Crippen LogP contribution is -1.67. The molecular weight excluding hydrogens is 613 g/mol. The molecule has 0 atom stereocenters. The van der Waals surface area contributed by atoms with Gasteiger partial charge in [-0.3, -0.25) is 0 Å². The molecule has 0 saturated carbocycles. The molecule has 0 saturated heterocycles. The van der Waals surface area contributed by atoms with Crippen molar-refractivity contribution in [2.75, 3.05) is 0 Å². The summed E-state index contributed by atoms with van der Waals surface area (Å²) in [5, 5.41) is 2.62. The summed E-state index contributed by atoms with van der Waals surface area (Å²) in [6.45, 7) is 44.2. The molecular formula is C51H94. The Morgan fingerprint density at radius 1 is 0.196 bits per heavy atom. The fraction of sp³-hybridized carbons (Fsp3) is 0.451.